The predicted molar refractivity (Wildman–Crippen MR) is 101 cm³/mol. The molecule has 134 valence electrons. The van der Waals surface area contributed by atoms with E-state index in [2.05, 4.69) is 28.3 Å². The maximum absolute atomic E-state index is 5.23. The number of fused-ring (bicyclic) bond motifs is 1. The van der Waals surface area contributed by atoms with Crippen molar-refractivity contribution in [3.63, 3.8) is 0 Å². The summed E-state index contributed by atoms with van der Waals surface area (Å²) in [6, 6.07) is 7.79. The topological polar surface area (TPSA) is 73.5 Å². The van der Waals surface area contributed by atoms with Gasteiger partial charge in [0.1, 0.15) is 17.1 Å². The molecule has 26 heavy (non-hydrogen) atoms. The van der Waals surface area contributed by atoms with E-state index in [1.807, 2.05) is 47.5 Å². The number of H-pyrrole nitrogens is 1. The first-order chi connectivity index (χ1) is 12.6. The van der Waals surface area contributed by atoms with E-state index in [0.717, 1.165) is 58.3 Å². The molecule has 3 heterocycles. The molecule has 0 fully saturated rings. The number of rotatable bonds is 5. The first kappa shape index (κ1) is 16.4. The number of hydrogen-bond acceptors (Lipinski definition) is 4. The molecule has 4 rings (SSSR count). The third-order valence-electron chi connectivity index (χ3n) is 4.47. The van der Waals surface area contributed by atoms with Gasteiger partial charge in [0.15, 0.2) is 5.65 Å². The van der Waals surface area contributed by atoms with Gasteiger partial charge in [0, 0.05) is 12.7 Å². The quantitative estimate of drug-likeness (QED) is 0.596. The van der Waals surface area contributed by atoms with Crippen molar-refractivity contribution in [2.45, 2.75) is 33.7 Å². The summed E-state index contributed by atoms with van der Waals surface area (Å²) in [4.78, 5) is 8.23. The molecule has 0 saturated heterocycles. The number of aromatic amines is 1. The second-order valence-corrected chi connectivity index (χ2v) is 6.37. The van der Waals surface area contributed by atoms with E-state index >= 15 is 0 Å². The van der Waals surface area contributed by atoms with E-state index in [-0.39, 0.29) is 0 Å². The Morgan fingerprint density at radius 2 is 1.85 bits per heavy atom. The van der Waals surface area contributed by atoms with Crippen molar-refractivity contribution in [1.29, 1.82) is 0 Å². The van der Waals surface area contributed by atoms with Crippen molar-refractivity contribution in [3.8, 4) is 22.8 Å². The van der Waals surface area contributed by atoms with Gasteiger partial charge in [-0.3, -0.25) is 4.68 Å². The third kappa shape index (κ3) is 2.65. The molecule has 0 saturated carbocycles. The molecular weight excluding hydrogens is 328 g/mol. The lowest BCUT2D eigenvalue weighted by molar-refractivity contribution is 0.414. The van der Waals surface area contributed by atoms with Gasteiger partial charge in [-0.25, -0.2) is 9.67 Å². The molecule has 0 atom stereocenters. The Morgan fingerprint density at radius 3 is 2.54 bits per heavy atom. The SMILES string of the molecule is CCCn1cc(-c2nc3c([nH]2)c(C)nn3-c2ccc(OC)cc2)c(C)n1. The monoisotopic (exact) mass is 350 g/mol. The summed E-state index contributed by atoms with van der Waals surface area (Å²) in [6.45, 7) is 7.04. The van der Waals surface area contributed by atoms with Gasteiger partial charge in [0.05, 0.1) is 29.7 Å². The summed E-state index contributed by atoms with van der Waals surface area (Å²) in [7, 11) is 1.66. The van der Waals surface area contributed by atoms with Crippen LogP contribution < -0.4 is 4.74 Å². The van der Waals surface area contributed by atoms with Crippen LogP contribution in [0.2, 0.25) is 0 Å². The van der Waals surface area contributed by atoms with Gasteiger partial charge in [-0.05, 0) is 44.5 Å². The molecule has 1 aromatic carbocycles. The molecule has 0 aliphatic heterocycles. The number of hydrogen-bond donors (Lipinski definition) is 1. The largest absolute Gasteiger partial charge is 0.497 e. The maximum Gasteiger partial charge on any atom is 0.181 e. The lowest BCUT2D eigenvalue weighted by Crippen LogP contribution is -1.97. The van der Waals surface area contributed by atoms with Crippen molar-refractivity contribution in [3.05, 3.63) is 41.9 Å². The van der Waals surface area contributed by atoms with E-state index in [1.165, 1.54) is 0 Å². The van der Waals surface area contributed by atoms with Gasteiger partial charge in [-0.15, -0.1) is 0 Å². The fourth-order valence-corrected chi connectivity index (χ4v) is 3.14. The van der Waals surface area contributed by atoms with E-state index < -0.39 is 0 Å². The number of benzene rings is 1. The Kier molecular flexibility index (Phi) is 3.99. The van der Waals surface area contributed by atoms with Gasteiger partial charge in [-0.1, -0.05) is 6.92 Å². The van der Waals surface area contributed by atoms with Gasteiger partial charge in [-0.2, -0.15) is 10.2 Å². The van der Waals surface area contributed by atoms with Crippen LogP contribution in [0.4, 0.5) is 0 Å². The summed E-state index contributed by atoms with van der Waals surface area (Å²) in [5.74, 6) is 1.64. The van der Waals surface area contributed by atoms with E-state index in [9.17, 15) is 0 Å². The fraction of sp³-hybridized carbons (Fsp3) is 0.316. The van der Waals surface area contributed by atoms with Crippen molar-refractivity contribution >= 4 is 11.2 Å². The Bertz CT molecular complexity index is 1050. The molecule has 0 aliphatic rings. The summed E-state index contributed by atoms with van der Waals surface area (Å²) in [6.07, 6.45) is 3.10. The Hall–Kier alpha value is -3.09. The molecule has 3 aromatic heterocycles. The molecule has 1 N–H and O–H groups in total. The third-order valence-corrected chi connectivity index (χ3v) is 4.47. The predicted octanol–water partition coefficient (Wildman–Crippen LogP) is 3.65. The molecule has 7 heteroatoms. The maximum atomic E-state index is 5.23. The second-order valence-electron chi connectivity index (χ2n) is 6.37. The van der Waals surface area contributed by atoms with E-state index in [1.54, 1.807) is 7.11 Å². The zero-order chi connectivity index (χ0) is 18.3. The van der Waals surface area contributed by atoms with Crippen LogP contribution in [-0.2, 0) is 6.54 Å². The highest BCUT2D eigenvalue weighted by Crippen LogP contribution is 2.27. The standard InChI is InChI=1S/C19H22N6O/c1-5-10-24-11-16(12(2)22-24)18-20-17-13(3)23-25(19(17)21-18)14-6-8-15(26-4)9-7-14/h6-9,11H,5,10H2,1-4H3,(H,20,21). The lowest BCUT2D eigenvalue weighted by Gasteiger charge is -2.03. The number of aromatic nitrogens is 6. The van der Waals surface area contributed by atoms with Crippen LogP contribution in [0.15, 0.2) is 30.5 Å². The lowest BCUT2D eigenvalue weighted by atomic mass is 10.2. The van der Waals surface area contributed by atoms with Crippen molar-refractivity contribution in [1.82, 2.24) is 29.5 Å². The van der Waals surface area contributed by atoms with Crippen molar-refractivity contribution in [2.75, 3.05) is 7.11 Å². The minimum atomic E-state index is 0.810. The number of ether oxygens (including phenoxy) is 1. The molecule has 0 unspecified atom stereocenters. The highest BCUT2D eigenvalue weighted by Gasteiger charge is 2.17. The summed E-state index contributed by atoms with van der Waals surface area (Å²) < 4.78 is 9.06. The Balaban J connectivity index is 1.80. The van der Waals surface area contributed by atoms with Gasteiger partial charge in [0.25, 0.3) is 0 Å². The van der Waals surface area contributed by atoms with Crippen molar-refractivity contribution in [2.24, 2.45) is 0 Å². The molecule has 0 bridgehead atoms. The minimum absolute atomic E-state index is 0.810. The first-order valence-electron chi connectivity index (χ1n) is 8.75. The molecule has 7 nitrogen and oxygen atoms in total. The molecule has 0 amide bonds. The molecule has 4 aromatic rings. The smallest absolute Gasteiger partial charge is 0.181 e. The van der Waals surface area contributed by atoms with Crippen LogP contribution in [0.1, 0.15) is 24.7 Å². The highest BCUT2D eigenvalue weighted by atomic mass is 16.5. The van der Waals surface area contributed by atoms with E-state index in [0.29, 0.717) is 0 Å². The van der Waals surface area contributed by atoms with Crippen LogP contribution in [0.5, 0.6) is 5.75 Å². The average molecular weight is 350 g/mol. The summed E-state index contributed by atoms with van der Waals surface area (Å²) >= 11 is 0. The number of nitrogens with one attached hydrogen (secondary N) is 1. The second kappa shape index (κ2) is 6.33. The minimum Gasteiger partial charge on any atom is -0.497 e. The zero-order valence-corrected chi connectivity index (χ0v) is 15.4. The normalized spacial score (nSPS) is 11.4. The van der Waals surface area contributed by atoms with Crippen LogP contribution >= 0.6 is 0 Å². The number of imidazole rings is 1. The van der Waals surface area contributed by atoms with Crippen LogP contribution in [-0.4, -0.2) is 36.6 Å². The number of methoxy groups -OCH3 is 1. The van der Waals surface area contributed by atoms with Crippen LogP contribution in [0, 0.1) is 13.8 Å². The summed E-state index contributed by atoms with van der Waals surface area (Å²) in [5, 5.41) is 9.20. The highest BCUT2D eigenvalue weighted by molar-refractivity contribution is 5.80. The fourth-order valence-electron chi connectivity index (χ4n) is 3.14. The number of aryl methyl sites for hydroxylation is 3. The molecule has 0 aliphatic carbocycles. The first-order valence-corrected chi connectivity index (χ1v) is 8.75. The van der Waals surface area contributed by atoms with E-state index in [4.69, 9.17) is 9.72 Å². The number of nitrogens with zero attached hydrogens (tertiary/aromatic N) is 5. The molecule has 0 radical (unpaired) electrons. The summed E-state index contributed by atoms with van der Waals surface area (Å²) in [5.41, 5.74) is 5.60. The van der Waals surface area contributed by atoms with Gasteiger partial charge in [0.2, 0.25) is 0 Å². The Morgan fingerprint density at radius 1 is 1.08 bits per heavy atom. The molecule has 0 spiro atoms. The van der Waals surface area contributed by atoms with Crippen LogP contribution in [0.25, 0.3) is 28.2 Å². The Labute approximate surface area is 151 Å². The van der Waals surface area contributed by atoms with Crippen molar-refractivity contribution < 1.29 is 4.74 Å². The van der Waals surface area contributed by atoms with Crippen LogP contribution in [0.3, 0.4) is 0 Å². The molecular formula is C19H22N6O. The average Bonchev–Trinajstić information content (AvgIpc) is 3.30. The van der Waals surface area contributed by atoms with Gasteiger partial charge >= 0.3 is 0 Å². The zero-order valence-electron chi connectivity index (χ0n) is 15.4. The van der Waals surface area contributed by atoms with Gasteiger partial charge < -0.3 is 9.72 Å².